The number of hydrogen-bond donors (Lipinski definition) is 0. The van der Waals surface area contributed by atoms with E-state index in [2.05, 4.69) is 0 Å². The van der Waals surface area contributed by atoms with Crippen LogP contribution >= 0.6 is 7.60 Å². The number of ether oxygens (including phenoxy) is 1. The van der Waals surface area contributed by atoms with Crippen LogP contribution in [-0.4, -0.2) is 25.8 Å². The highest BCUT2D eigenvalue weighted by Crippen LogP contribution is 2.48. The van der Waals surface area contributed by atoms with E-state index in [1.165, 1.54) is 6.08 Å². The van der Waals surface area contributed by atoms with Crippen molar-refractivity contribution >= 4 is 24.9 Å². The van der Waals surface area contributed by atoms with Crippen molar-refractivity contribution in [3.8, 4) is 0 Å². The Morgan fingerprint density at radius 3 is 2.32 bits per heavy atom. The lowest BCUT2D eigenvalue weighted by Gasteiger charge is -2.19. The standard InChI is InChI=1S/C16H23O5P/c1-5-19-16(17)11-10-14-9-8-13(4)12-15(14)22(18,20-6-2)21-7-3/h8-12H,5-7H2,1-4H3/b11-10+. The van der Waals surface area contributed by atoms with E-state index in [9.17, 15) is 9.36 Å². The highest BCUT2D eigenvalue weighted by molar-refractivity contribution is 7.62. The zero-order valence-electron chi connectivity index (χ0n) is 13.5. The molecule has 0 spiro atoms. The quantitative estimate of drug-likeness (QED) is 0.416. The van der Waals surface area contributed by atoms with Crippen LogP contribution in [-0.2, 0) is 23.1 Å². The molecule has 0 saturated carbocycles. The Labute approximate surface area is 131 Å². The fourth-order valence-corrected chi connectivity index (χ4v) is 3.76. The molecule has 1 aromatic carbocycles. The lowest BCUT2D eigenvalue weighted by Crippen LogP contribution is -2.14. The fraction of sp³-hybridized carbons (Fsp3) is 0.438. The van der Waals surface area contributed by atoms with E-state index in [4.69, 9.17) is 13.8 Å². The van der Waals surface area contributed by atoms with Crippen LogP contribution in [0, 0.1) is 6.92 Å². The normalized spacial score (nSPS) is 11.8. The van der Waals surface area contributed by atoms with Crippen LogP contribution in [0.25, 0.3) is 6.08 Å². The molecule has 0 saturated heterocycles. The van der Waals surface area contributed by atoms with E-state index < -0.39 is 13.6 Å². The average molecular weight is 326 g/mol. The predicted octanol–water partition coefficient (Wildman–Crippen LogP) is 3.46. The molecule has 0 fully saturated rings. The zero-order valence-corrected chi connectivity index (χ0v) is 14.4. The molecule has 6 heteroatoms. The van der Waals surface area contributed by atoms with Crippen molar-refractivity contribution in [2.75, 3.05) is 19.8 Å². The van der Waals surface area contributed by atoms with Crippen LogP contribution < -0.4 is 5.30 Å². The number of aryl methyl sites for hydroxylation is 1. The molecule has 0 aliphatic heterocycles. The van der Waals surface area contributed by atoms with Crippen LogP contribution in [0.15, 0.2) is 24.3 Å². The molecule has 0 aromatic heterocycles. The summed E-state index contributed by atoms with van der Waals surface area (Å²) in [4.78, 5) is 11.5. The molecule has 5 nitrogen and oxygen atoms in total. The van der Waals surface area contributed by atoms with Gasteiger partial charge in [-0.05, 0) is 45.4 Å². The van der Waals surface area contributed by atoms with Crippen molar-refractivity contribution in [3.05, 3.63) is 35.4 Å². The Morgan fingerprint density at radius 1 is 1.14 bits per heavy atom. The molecule has 0 heterocycles. The minimum absolute atomic E-state index is 0.270. The second-order valence-electron chi connectivity index (χ2n) is 4.48. The summed E-state index contributed by atoms with van der Waals surface area (Å²) in [5.74, 6) is -0.448. The second kappa shape index (κ2) is 8.89. The lowest BCUT2D eigenvalue weighted by molar-refractivity contribution is -0.137. The Hall–Kier alpha value is -1.42. The van der Waals surface area contributed by atoms with Crippen molar-refractivity contribution in [2.45, 2.75) is 27.7 Å². The van der Waals surface area contributed by atoms with E-state index in [1.807, 2.05) is 13.0 Å². The largest absolute Gasteiger partial charge is 0.463 e. The Morgan fingerprint density at radius 2 is 1.77 bits per heavy atom. The van der Waals surface area contributed by atoms with E-state index in [1.54, 1.807) is 39.0 Å². The first-order valence-corrected chi connectivity index (χ1v) is 8.86. The van der Waals surface area contributed by atoms with Gasteiger partial charge in [-0.1, -0.05) is 17.7 Å². The molecule has 0 atom stereocenters. The number of hydrogen-bond acceptors (Lipinski definition) is 5. The maximum atomic E-state index is 13.0. The number of esters is 1. The summed E-state index contributed by atoms with van der Waals surface area (Å²) >= 11 is 0. The van der Waals surface area contributed by atoms with Crippen LogP contribution in [0.1, 0.15) is 31.9 Å². The summed E-state index contributed by atoms with van der Waals surface area (Å²) in [5.41, 5.74) is 1.55. The van der Waals surface area contributed by atoms with E-state index in [0.717, 1.165) is 5.56 Å². The van der Waals surface area contributed by atoms with Gasteiger partial charge in [0, 0.05) is 6.08 Å². The van der Waals surface area contributed by atoms with Gasteiger partial charge in [0.15, 0.2) is 0 Å². The number of benzene rings is 1. The van der Waals surface area contributed by atoms with Gasteiger partial charge >= 0.3 is 13.6 Å². The van der Waals surface area contributed by atoms with Gasteiger partial charge in [0.25, 0.3) is 0 Å². The van der Waals surface area contributed by atoms with E-state index in [0.29, 0.717) is 17.5 Å². The highest BCUT2D eigenvalue weighted by Gasteiger charge is 2.29. The molecule has 1 rings (SSSR count). The molecule has 0 unspecified atom stereocenters. The predicted molar refractivity (Wildman–Crippen MR) is 87.3 cm³/mol. The first-order valence-electron chi connectivity index (χ1n) is 7.32. The van der Waals surface area contributed by atoms with E-state index >= 15 is 0 Å². The third-order valence-corrected chi connectivity index (χ3v) is 4.94. The highest BCUT2D eigenvalue weighted by atomic mass is 31.2. The number of carbonyl (C=O) groups is 1. The third kappa shape index (κ3) is 5.09. The number of rotatable bonds is 8. The fourth-order valence-electron chi connectivity index (χ4n) is 1.90. The van der Waals surface area contributed by atoms with Gasteiger partial charge in [-0.25, -0.2) is 4.79 Å². The Balaban J connectivity index is 3.24. The van der Waals surface area contributed by atoms with Crippen LogP contribution in [0.5, 0.6) is 0 Å². The van der Waals surface area contributed by atoms with Crippen LogP contribution in [0.2, 0.25) is 0 Å². The average Bonchev–Trinajstić information content (AvgIpc) is 2.46. The smallest absolute Gasteiger partial charge is 0.361 e. The molecule has 0 aliphatic carbocycles. The van der Waals surface area contributed by atoms with Gasteiger partial charge in [-0.3, -0.25) is 4.57 Å². The molecular formula is C16H23O5P. The van der Waals surface area contributed by atoms with Crippen LogP contribution in [0.4, 0.5) is 0 Å². The molecule has 0 N–H and O–H groups in total. The van der Waals surface area contributed by atoms with Crippen molar-refractivity contribution in [1.82, 2.24) is 0 Å². The van der Waals surface area contributed by atoms with Crippen molar-refractivity contribution in [1.29, 1.82) is 0 Å². The van der Waals surface area contributed by atoms with Crippen molar-refractivity contribution < 1.29 is 23.1 Å². The van der Waals surface area contributed by atoms with Crippen LogP contribution in [0.3, 0.4) is 0 Å². The maximum absolute atomic E-state index is 13.0. The first-order chi connectivity index (χ1) is 10.5. The van der Waals surface area contributed by atoms with Gasteiger partial charge in [0.2, 0.25) is 0 Å². The zero-order chi connectivity index (χ0) is 16.6. The minimum Gasteiger partial charge on any atom is -0.463 e. The summed E-state index contributed by atoms with van der Waals surface area (Å²) < 4.78 is 28.6. The van der Waals surface area contributed by atoms with E-state index in [-0.39, 0.29) is 13.2 Å². The summed E-state index contributed by atoms with van der Waals surface area (Å²) in [7, 11) is -3.41. The van der Waals surface area contributed by atoms with Gasteiger partial charge < -0.3 is 13.8 Å². The summed E-state index contributed by atoms with van der Waals surface area (Å²) in [6, 6.07) is 5.42. The van der Waals surface area contributed by atoms with Gasteiger partial charge in [0.05, 0.1) is 25.1 Å². The van der Waals surface area contributed by atoms with Gasteiger partial charge in [-0.2, -0.15) is 0 Å². The monoisotopic (exact) mass is 326 g/mol. The topological polar surface area (TPSA) is 61.8 Å². The maximum Gasteiger partial charge on any atom is 0.361 e. The summed E-state index contributed by atoms with van der Waals surface area (Å²) in [5, 5.41) is 0.455. The molecule has 0 amide bonds. The van der Waals surface area contributed by atoms with Crippen molar-refractivity contribution in [2.24, 2.45) is 0 Å². The molecule has 22 heavy (non-hydrogen) atoms. The molecule has 1 aromatic rings. The molecule has 0 radical (unpaired) electrons. The molecule has 0 bridgehead atoms. The first kappa shape index (κ1) is 18.6. The molecular weight excluding hydrogens is 303 g/mol. The second-order valence-corrected chi connectivity index (χ2v) is 6.47. The molecule has 122 valence electrons. The van der Waals surface area contributed by atoms with Gasteiger partial charge in [0.1, 0.15) is 0 Å². The van der Waals surface area contributed by atoms with Crippen molar-refractivity contribution in [3.63, 3.8) is 0 Å². The lowest BCUT2D eigenvalue weighted by atomic mass is 10.1. The number of carbonyl (C=O) groups excluding carboxylic acids is 1. The molecule has 0 aliphatic rings. The minimum atomic E-state index is -3.41. The summed E-state index contributed by atoms with van der Waals surface area (Å²) in [6.07, 6.45) is 2.87. The SMILES string of the molecule is CCOC(=O)/C=C/c1ccc(C)cc1P(=O)(OCC)OCC. The third-order valence-electron chi connectivity index (χ3n) is 2.76. The Bertz CT molecular complexity index is 570. The Kier molecular flexibility index (Phi) is 7.52. The summed E-state index contributed by atoms with van der Waals surface area (Å²) in [6.45, 7) is 8.00. The van der Waals surface area contributed by atoms with Gasteiger partial charge in [-0.15, -0.1) is 0 Å².